The number of hydrogen-bond acceptors (Lipinski definition) is 6. The van der Waals surface area contributed by atoms with Crippen LogP contribution >= 0.6 is 0 Å². The lowest BCUT2D eigenvalue weighted by Crippen LogP contribution is -2.50. The number of unbranched alkanes of at least 4 members (excludes halogenated alkanes) is 1. The van der Waals surface area contributed by atoms with E-state index in [1.54, 1.807) is 11.0 Å². The SMILES string of the molecule is NC(N)=NCCCCC(=O)N1CCC(C(=O)NCC(NS(=O)(=O)C2=CCCC=C2)C(=O)O)CC1. The molecule has 1 aliphatic heterocycles. The highest BCUT2D eigenvalue weighted by atomic mass is 32.2. The van der Waals surface area contributed by atoms with Gasteiger partial charge >= 0.3 is 5.97 Å². The maximum atomic E-state index is 12.5. The van der Waals surface area contributed by atoms with E-state index in [2.05, 4.69) is 15.0 Å². The molecule has 0 bridgehead atoms. The highest BCUT2D eigenvalue weighted by Gasteiger charge is 2.30. The van der Waals surface area contributed by atoms with Gasteiger partial charge in [0.1, 0.15) is 6.04 Å². The van der Waals surface area contributed by atoms with Crippen LogP contribution in [0.15, 0.2) is 28.1 Å². The van der Waals surface area contributed by atoms with Crippen molar-refractivity contribution in [2.75, 3.05) is 26.2 Å². The normalized spacial score (nSPS) is 17.5. The second-order valence-electron chi connectivity index (χ2n) is 8.26. The first-order valence-corrected chi connectivity index (χ1v) is 12.8. The quantitative estimate of drug-likeness (QED) is 0.133. The molecule has 0 aromatic carbocycles. The Morgan fingerprint density at radius 1 is 1.18 bits per heavy atom. The van der Waals surface area contributed by atoms with Gasteiger partial charge in [-0.2, -0.15) is 4.72 Å². The molecule has 13 heteroatoms. The molecule has 0 radical (unpaired) electrons. The Morgan fingerprint density at radius 2 is 1.88 bits per heavy atom. The van der Waals surface area contributed by atoms with E-state index in [0.717, 1.165) is 6.42 Å². The van der Waals surface area contributed by atoms with Crippen LogP contribution in [0.5, 0.6) is 0 Å². The van der Waals surface area contributed by atoms with Gasteiger partial charge in [-0.1, -0.05) is 12.2 Å². The second-order valence-corrected chi connectivity index (χ2v) is 9.98. The molecule has 7 N–H and O–H groups in total. The summed E-state index contributed by atoms with van der Waals surface area (Å²) >= 11 is 0. The minimum absolute atomic E-state index is 0.00923. The molecule has 1 atom stereocenters. The van der Waals surface area contributed by atoms with E-state index >= 15 is 0 Å². The lowest BCUT2D eigenvalue weighted by Gasteiger charge is -2.31. The second kappa shape index (κ2) is 13.1. The number of hydrogen-bond donors (Lipinski definition) is 5. The predicted octanol–water partition coefficient (Wildman–Crippen LogP) is -0.609. The first kappa shape index (κ1) is 27.3. The third kappa shape index (κ3) is 8.78. The summed E-state index contributed by atoms with van der Waals surface area (Å²) in [6.07, 6.45) is 8.58. The summed E-state index contributed by atoms with van der Waals surface area (Å²) in [6.45, 7) is 0.958. The molecule has 0 aromatic rings. The van der Waals surface area contributed by atoms with E-state index in [0.29, 0.717) is 58.2 Å². The number of guanidine groups is 1. The molecule has 1 aliphatic carbocycles. The number of piperidine rings is 1. The van der Waals surface area contributed by atoms with Crippen LogP contribution in [0.4, 0.5) is 0 Å². The minimum Gasteiger partial charge on any atom is -0.480 e. The number of carbonyl (C=O) groups is 3. The summed E-state index contributed by atoms with van der Waals surface area (Å²) in [5.41, 5.74) is 10.5. The number of carboxylic acid groups (broad SMARTS) is 1. The van der Waals surface area contributed by atoms with Gasteiger partial charge in [0.05, 0.1) is 4.91 Å². The number of carboxylic acids is 1. The molecule has 2 aliphatic rings. The monoisotopic (exact) mass is 498 g/mol. The molecular weight excluding hydrogens is 464 g/mol. The summed E-state index contributed by atoms with van der Waals surface area (Å²) in [4.78, 5) is 42.0. The van der Waals surface area contributed by atoms with Crippen LogP contribution in [0, 0.1) is 5.92 Å². The van der Waals surface area contributed by atoms with Gasteiger partial charge in [-0.25, -0.2) is 8.42 Å². The van der Waals surface area contributed by atoms with Gasteiger partial charge in [0.15, 0.2) is 5.96 Å². The molecule has 2 rings (SSSR count). The zero-order valence-corrected chi connectivity index (χ0v) is 19.9. The molecule has 1 fully saturated rings. The number of nitrogens with zero attached hydrogens (tertiary/aromatic N) is 2. The number of carbonyl (C=O) groups excluding carboxylic acids is 2. The van der Waals surface area contributed by atoms with E-state index in [1.807, 2.05) is 0 Å². The van der Waals surface area contributed by atoms with Crippen LogP contribution in [0.3, 0.4) is 0 Å². The van der Waals surface area contributed by atoms with E-state index in [4.69, 9.17) is 11.5 Å². The molecule has 12 nitrogen and oxygen atoms in total. The first-order chi connectivity index (χ1) is 16.1. The van der Waals surface area contributed by atoms with E-state index < -0.39 is 22.0 Å². The summed E-state index contributed by atoms with van der Waals surface area (Å²) in [6, 6.07) is -1.49. The Kier molecular flexibility index (Phi) is 10.5. The third-order valence-corrected chi connectivity index (χ3v) is 7.18. The van der Waals surface area contributed by atoms with E-state index in [-0.39, 0.29) is 35.1 Å². The first-order valence-electron chi connectivity index (χ1n) is 11.3. The molecule has 190 valence electrons. The summed E-state index contributed by atoms with van der Waals surface area (Å²) < 4.78 is 27.0. The average Bonchev–Trinajstić information content (AvgIpc) is 2.81. The summed E-state index contributed by atoms with van der Waals surface area (Å²) in [5.74, 6) is -2.08. The highest BCUT2D eigenvalue weighted by Crippen LogP contribution is 2.19. The van der Waals surface area contributed by atoms with Crippen LogP contribution in [-0.4, -0.2) is 74.4 Å². The van der Waals surface area contributed by atoms with Gasteiger partial charge in [0.25, 0.3) is 0 Å². The number of allylic oxidation sites excluding steroid dienone is 3. The van der Waals surface area contributed by atoms with Crippen LogP contribution in [0.1, 0.15) is 44.9 Å². The zero-order valence-electron chi connectivity index (χ0n) is 19.1. The van der Waals surface area contributed by atoms with Crippen molar-refractivity contribution in [2.45, 2.75) is 51.0 Å². The number of aliphatic carboxylic acids is 1. The zero-order chi connectivity index (χ0) is 25.1. The number of aliphatic imine (C=N–C) groups is 1. The predicted molar refractivity (Wildman–Crippen MR) is 127 cm³/mol. The van der Waals surface area contributed by atoms with Gasteiger partial charge in [0.2, 0.25) is 21.8 Å². The number of rotatable bonds is 12. The fourth-order valence-corrected chi connectivity index (χ4v) is 5.02. The molecule has 0 aromatic heterocycles. The highest BCUT2D eigenvalue weighted by molar-refractivity contribution is 7.93. The molecule has 0 saturated carbocycles. The number of amides is 2. The standard InChI is InChI=1S/C21H34N6O6S/c22-21(23)24-11-5-4-8-18(28)27-12-9-15(10-13-27)19(29)25-14-17(20(30)31)26-34(32,33)16-6-2-1-3-7-16/h2,6-7,15,17,26H,1,3-5,8-14H2,(H,25,29)(H,30,31)(H4,22,23,24). The van der Waals surface area contributed by atoms with Crippen molar-refractivity contribution in [3.05, 3.63) is 23.1 Å². The average molecular weight is 499 g/mol. The fraction of sp³-hybridized carbons (Fsp3) is 0.619. The van der Waals surface area contributed by atoms with Crippen LogP contribution in [0.25, 0.3) is 0 Å². The molecule has 1 saturated heterocycles. The van der Waals surface area contributed by atoms with Crippen molar-refractivity contribution >= 4 is 33.8 Å². The molecular formula is C21H34N6O6S. The fourth-order valence-electron chi connectivity index (χ4n) is 3.72. The Morgan fingerprint density at radius 3 is 2.47 bits per heavy atom. The van der Waals surface area contributed by atoms with E-state index in [1.165, 1.54) is 12.2 Å². The Balaban J connectivity index is 1.76. The lowest BCUT2D eigenvalue weighted by molar-refractivity contribution is -0.139. The van der Waals surface area contributed by atoms with Gasteiger partial charge in [-0.3, -0.25) is 19.4 Å². The number of nitrogens with one attached hydrogen (secondary N) is 2. The number of sulfonamides is 1. The maximum Gasteiger partial charge on any atom is 0.323 e. The molecule has 1 unspecified atom stereocenters. The minimum atomic E-state index is -4.00. The van der Waals surface area contributed by atoms with Crippen molar-refractivity contribution in [3.63, 3.8) is 0 Å². The van der Waals surface area contributed by atoms with Crippen molar-refractivity contribution in [1.82, 2.24) is 14.9 Å². The smallest absolute Gasteiger partial charge is 0.323 e. The van der Waals surface area contributed by atoms with Crippen molar-refractivity contribution < 1.29 is 27.9 Å². The Labute approximate surface area is 199 Å². The molecule has 0 spiro atoms. The van der Waals surface area contributed by atoms with Gasteiger partial charge in [-0.15, -0.1) is 0 Å². The maximum absolute atomic E-state index is 12.5. The molecule has 2 amide bonds. The van der Waals surface area contributed by atoms with Crippen LogP contribution < -0.4 is 21.5 Å². The number of likely N-dealkylation sites (tertiary alicyclic amines) is 1. The molecule has 1 heterocycles. The van der Waals surface area contributed by atoms with E-state index in [9.17, 15) is 27.9 Å². The Hall–Kier alpha value is -2.93. The van der Waals surface area contributed by atoms with Crippen LogP contribution in [-0.2, 0) is 24.4 Å². The number of nitrogens with two attached hydrogens (primary N) is 2. The van der Waals surface area contributed by atoms with Crippen molar-refractivity contribution in [3.8, 4) is 0 Å². The summed E-state index contributed by atoms with van der Waals surface area (Å²) in [5, 5.41) is 11.9. The summed E-state index contributed by atoms with van der Waals surface area (Å²) in [7, 11) is -4.00. The van der Waals surface area contributed by atoms with Crippen molar-refractivity contribution in [2.24, 2.45) is 22.4 Å². The Bertz CT molecular complexity index is 933. The van der Waals surface area contributed by atoms with Gasteiger partial charge in [-0.05, 0) is 44.6 Å². The largest absolute Gasteiger partial charge is 0.480 e. The van der Waals surface area contributed by atoms with Gasteiger partial charge < -0.3 is 26.8 Å². The van der Waals surface area contributed by atoms with Crippen LogP contribution in [0.2, 0.25) is 0 Å². The van der Waals surface area contributed by atoms with Crippen molar-refractivity contribution in [1.29, 1.82) is 0 Å². The van der Waals surface area contributed by atoms with Gasteiger partial charge in [0, 0.05) is 38.5 Å². The molecule has 34 heavy (non-hydrogen) atoms. The topological polar surface area (TPSA) is 197 Å². The lowest BCUT2D eigenvalue weighted by atomic mass is 9.95. The third-order valence-electron chi connectivity index (χ3n) is 5.66.